The molecule has 5 nitrogen and oxygen atoms in total. The van der Waals surface area contributed by atoms with Crippen LogP contribution in [0.3, 0.4) is 0 Å². The summed E-state index contributed by atoms with van der Waals surface area (Å²) in [6.07, 6.45) is 1.73. The molecule has 1 heterocycles. The van der Waals surface area contributed by atoms with Crippen molar-refractivity contribution in [3.63, 3.8) is 0 Å². The minimum absolute atomic E-state index is 0.239. The monoisotopic (exact) mass is 431 g/mol. The van der Waals surface area contributed by atoms with Crippen LogP contribution in [0.5, 0.6) is 5.88 Å². The molecule has 156 valence electrons. The number of ether oxygens (including phenoxy) is 1. The SMILES string of the molecule is O=C(NCc1ccc(Cl)cc1)c1cn(Cc2ccccc2)nc1OCc1ccccc1. The van der Waals surface area contributed by atoms with Crippen molar-refractivity contribution in [1.29, 1.82) is 0 Å². The van der Waals surface area contributed by atoms with E-state index in [-0.39, 0.29) is 5.91 Å². The van der Waals surface area contributed by atoms with Gasteiger partial charge in [0, 0.05) is 17.8 Å². The van der Waals surface area contributed by atoms with E-state index in [1.54, 1.807) is 23.0 Å². The van der Waals surface area contributed by atoms with Crippen molar-refractivity contribution >= 4 is 17.5 Å². The summed E-state index contributed by atoms with van der Waals surface area (Å²) in [5.74, 6) is 0.0747. The van der Waals surface area contributed by atoms with Gasteiger partial charge in [-0.25, -0.2) is 0 Å². The number of hydrogen-bond acceptors (Lipinski definition) is 3. The number of halogens is 1. The predicted octanol–water partition coefficient (Wildman–Crippen LogP) is 5.09. The number of aromatic nitrogens is 2. The Morgan fingerprint density at radius 3 is 2.19 bits per heavy atom. The minimum Gasteiger partial charge on any atom is -0.471 e. The molecule has 0 aliphatic heterocycles. The van der Waals surface area contributed by atoms with E-state index < -0.39 is 0 Å². The second kappa shape index (κ2) is 9.96. The van der Waals surface area contributed by atoms with Gasteiger partial charge < -0.3 is 10.1 Å². The first kappa shape index (κ1) is 20.7. The van der Waals surface area contributed by atoms with E-state index in [0.717, 1.165) is 16.7 Å². The minimum atomic E-state index is -0.239. The number of rotatable bonds is 8. The second-order valence-electron chi connectivity index (χ2n) is 7.11. The molecule has 1 amide bonds. The number of nitrogens with zero attached hydrogens (tertiary/aromatic N) is 2. The molecule has 4 rings (SSSR count). The zero-order valence-electron chi connectivity index (χ0n) is 16.9. The third-order valence-electron chi connectivity index (χ3n) is 4.74. The van der Waals surface area contributed by atoms with Gasteiger partial charge in [-0.15, -0.1) is 5.10 Å². The number of benzene rings is 3. The van der Waals surface area contributed by atoms with Crippen molar-refractivity contribution in [2.75, 3.05) is 0 Å². The van der Waals surface area contributed by atoms with E-state index in [9.17, 15) is 4.79 Å². The number of hydrogen-bond donors (Lipinski definition) is 1. The van der Waals surface area contributed by atoms with Crippen LogP contribution in [0.2, 0.25) is 5.02 Å². The van der Waals surface area contributed by atoms with Gasteiger partial charge in [0.25, 0.3) is 5.91 Å². The van der Waals surface area contributed by atoms with Crippen LogP contribution in [-0.4, -0.2) is 15.7 Å². The number of carbonyl (C=O) groups excluding carboxylic acids is 1. The van der Waals surface area contributed by atoms with Crippen molar-refractivity contribution in [1.82, 2.24) is 15.1 Å². The zero-order chi connectivity index (χ0) is 21.5. The largest absolute Gasteiger partial charge is 0.471 e. The van der Waals surface area contributed by atoms with Gasteiger partial charge in [-0.1, -0.05) is 84.4 Å². The number of amides is 1. The summed E-state index contributed by atoms with van der Waals surface area (Å²) in [4.78, 5) is 12.9. The van der Waals surface area contributed by atoms with Crippen LogP contribution >= 0.6 is 11.6 Å². The Bertz CT molecular complexity index is 1130. The summed E-state index contributed by atoms with van der Waals surface area (Å²) < 4.78 is 7.65. The third kappa shape index (κ3) is 5.74. The Hall–Kier alpha value is -3.57. The quantitative estimate of drug-likeness (QED) is 0.422. The van der Waals surface area contributed by atoms with Gasteiger partial charge in [-0.2, -0.15) is 0 Å². The Balaban J connectivity index is 1.51. The summed E-state index contributed by atoms with van der Waals surface area (Å²) in [5.41, 5.74) is 3.46. The topological polar surface area (TPSA) is 56.2 Å². The fourth-order valence-corrected chi connectivity index (χ4v) is 3.25. The van der Waals surface area contributed by atoms with Crippen molar-refractivity contribution < 1.29 is 9.53 Å². The molecular weight excluding hydrogens is 410 g/mol. The maximum absolute atomic E-state index is 12.9. The van der Waals surface area contributed by atoms with Gasteiger partial charge in [0.2, 0.25) is 5.88 Å². The first-order chi connectivity index (χ1) is 15.2. The molecule has 6 heteroatoms. The lowest BCUT2D eigenvalue weighted by molar-refractivity contribution is 0.0946. The summed E-state index contributed by atoms with van der Waals surface area (Å²) in [6, 6.07) is 27.1. The second-order valence-corrected chi connectivity index (χ2v) is 7.55. The lowest BCUT2D eigenvalue weighted by atomic mass is 10.2. The molecule has 0 unspecified atom stereocenters. The molecule has 0 aliphatic rings. The number of carbonyl (C=O) groups is 1. The highest BCUT2D eigenvalue weighted by molar-refractivity contribution is 6.30. The third-order valence-corrected chi connectivity index (χ3v) is 5.00. The van der Waals surface area contributed by atoms with Gasteiger partial charge >= 0.3 is 0 Å². The van der Waals surface area contributed by atoms with Crippen LogP contribution in [0.4, 0.5) is 0 Å². The van der Waals surface area contributed by atoms with E-state index in [0.29, 0.717) is 36.2 Å². The highest BCUT2D eigenvalue weighted by Gasteiger charge is 2.18. The van der Waals surface area contributed by atoms with Gasteiger partial charge in [-0.05, 0) is 28.8 Å². The molecule has 31 heavy (non-hydrogen) atoms. The molecule has 0 bridgehead atoms. The van der Waals surface area contributed by atoms with Crippen molar-refractivity contribution in [2.45, 2.75) is 19.7 Å². The highest BCUT2D eigenvalue weighted by atomic mass is 35.5. The molecule has 0 saturated heterocycles. The fraction of sp³-hybridized carbons (Fsp3) is 0.120. The standard InChI is InChI=1S/C25H22ClN3O2/c26-22-13-11-19(12-14-22)15-27-24(30)23-17-29(16-20-7-3-1-4-8-20)28-25(23)31-18-21-9-5-2-6-10-21/h1-14,17H,15-16,18H2,(H,27,30). The first-order valence-electron chi connectivity index (χ1n) is 9.98. The first-order valence-corrected chi connectivity index (χ1v) is 10.4. The zero-order valence-corrected chi connectivity index (χ0v) is 17.6. The Kier molecular flexibility index (Phi) is 6.65. The van der Waals surface area contributed by atoms with Crippen LogP contribution in [0.1, 0.15) is 27.0 Å². The van der Waals surface area contributed by atoms with E-state index in [1.807, 2.05) is 72.8 Å². The van der Waals surface area contributed by atoms with E-state index in [2.05, 4.69) is 10.4 Å². The molecule has 0 radical (unpaired) electrons. The normalized spacial score (nSPS) is 10.6. The van der Waals surface area contributed by atoms with Crippen LogP contribution < -0.4 is 10.1 Å². The van der Waals surface area contributed by atoms with E-state index >= 15 is 0 Å². The van der Waals surface area contributed by atoms with Crippen LogP contribution in [0.15, 0.2) is 91.1 Å². The van der Waals surface area contributed by atoms with Crippen LogP contribution in [0.25, 0.3) is 0 Å². The summed E-state index contributed by atoms with van der Waals surface area (Å²) in [6.45, 7) is 1.27. The van der Waals surface area contributed by atoms with Gasteiger partial charge in [-0.3, -0.25) is 9.48 Å². The Morgan fingerprint density at radius 1 is 0.871 bits per heavy atom. The maximum Gasteiger partial charge on any atom is 0.258 e. The van der Waals surface area contributed by atoms with Crippen molar-refractivity contribution in [2.24, 2.45) is 0 Å². The Labute approximate surface area is 186 Å². The van der Waals surface area contributed by atoms with E-state index in [1.165, 1.54) is 0 Å². The van der Waals surface area contributed by atoms with E-state index in [4.69, 9.17) is 16.3 Å². The van der Waals surface area contributed by atoms with Gasteiger partial charge in [0.05, 0.1) is 6.54 Å². The number of nitrogens with one attached hydrogen (secondary N) is 1. The van der Waals surface area contributed by atoms with Crippen LogP contribution in [-0.2, 0) is 19.7 Å². The summed E-state index contributed by atoms with van der Waals surface area (Å²) >= 11 is 5.93. The maximum atomic E-state index is 12.9. The average Bonchev–Trinajstić information content (AvgIpc) is 3.21. The van der Waals surface area contributed by atoms with Crippen molar-refractivity contribution in [3.8, 4) is 5.88 Å². The molecule has 0 aliphatic carbocycles. The molecular formula is C25H22ClN3O2. The summed E-state index contributed by atoms with van der Waals surface area (Å²) in [5, 5.41) is 8.12. The molecule has 0 spiro atoms. The molecule has 3 aromatic carbocycles. The smallest absolute Gasteiger partial charge is 0.258 e. The summed E-state index contributed by atoms with van der Waals surface area (Å²) in [7, 11) is 0. The molecule has 1 aromatic heterocycles. The van der Waals surface area contributed by atoms with Crippen LogP contribution in [0, 0.1) is 0 Å². The average molecular weight is 432 g/mol. The molecule has 0 saturated carbocycles. The molecule has 0 fully saturated rings. The van der Waals surface area contributed by atoms with Crippen molar-refractivity contribution in [3.05, 3.63) is 118 Å². The predicted molar refractivity (Wildman–Crippen MR) is 121 cm³/mol. The lowest BCUT2D eigenvalue weighted by Crippen LogP contribution is -2.23. The lowest BCUT2D eigenvalue weighted by Gasteiger charge is -2.07. The molecule has 0 atom stereocenters. The molecule has 4 aromatic rings. The van der Waals surface area contributed by atoms with Gasteiger partial charge in [0.15, 0.2) is 0 Å². The fourth-order valence-electron chi connectivity index (χ4n) is 3.12. The Morgan fingerprint density at radius 2 is 1.52 bits per heavy atom. The molecule has 1 N–H and O–H groups in total. The highest BCUT2D eigenvalue weighted by Crippen LogP contribution is 2.19. The van der Waals surface area contributed by atoms with Gasteiger partial charge in [0.1, 0.15) is 12.2 Å².